The van der Waals surface area contributed by atoms with Gasteiger partial charge in [-0.3, -0.25) is 0 Å². The van der Waals surface area contributed by atoms with Gasteiger partial charge < -0.3 is 5.32 Å². The lowest BCUT2D eigenvalue weighted by Gasteiger charge is -2.44. The summed E-state index contributed by atoms with van der Waals surface area (Å²) in [5.41, 5.74) is 0.573. The fourth-order valence-electron chi connectivity index (χ4n) is 3.62. The van der Waals surface area contributed by atoms with Crippen LogP contribution in [-0.2, 0) is 0 Å². The lowest BCUT2D eigenvalue weighted by molar-refractivity contribution is 0.0875. The molecule has 16 heavy (non-hydrogen) atoms. The first-order valence-electron chi connectivity index (χ1n) is 7.10. The summed E-state index contributed by atoms with van der Waals surface area (Å²) in [7, 11) is 0. The van der Waals surface area contributed by atoms with Crippen molar-refractivity contribution >= 4 is 0 Å². The molecule has 0 aromatic carbocycles. The highest BCUT2D eigenvalue weighted by Gasteiger charge is 2.36. The van der Waals surface area contributed by atoms with Gasteiger partial charge in [0.2, 0.25) is 0 Å². The van der Waals surface area contributed by atoms with Gasteiger partial charge in [0, 0.05) is 6.04 Å². The van der Waals surface area contributed by atoms with E-state index in [2.05, 4.69) is 46.9 Å². The van der Waals surface area contributed by atoms with Gasteiger partial charge in [-0.25, -0.2) is 0 Å². The molecule has 1 heteroatoms. The minimum absolute atomic E-state index is 0.573. The molecule has 0 aliphatic heterocycles. The summed E-state index contributed by atoms with van der Waals surface area (Å²) in [5, 5.41) is 3.71. The second kappa shape index (κ2) is 5.53. The summed E-state index contributed by atoms with van der Waals surface area (Å²) in [5.74, 6) is 2.51. The number of hydrogen-bond donors (Lipinski definition) is 1. The van der Waals surface area contributed by atoms with Crippen LogP contribution in [0.25, 0.3) is 0 Å². The summed E-state index contributed by atoms with van der Waals surface area (Å²) in [4.78, 5) is 0. The zero-order valence-corrected chi connectivity index (χ0v) is 12.1. The van der Waals surface area contributed by atoms with Gasteiger partial charge in [-0.2, -0.15) is 0 Å². The molecule has 0 spiro atoms. The first-order valence-corrected chi connectivity index (χ1v) is 7.10. The molecule has 96 valence electrons. The van der Waals surface area contributed by atoms with Crippen molar-refractivity contribution in [2.75, 3.05) is 6.54 Å². The predicted octanol–water partition coefficient (Wildman–Crippen LogP) is 4.08. The van der Waals surface area contributed by atoms with Crippen LogP contribution in [0.15, 0.2) is 0 Å². The van der Waals surface area contributed by atoms with Gasteiger partial charge in [-0.05, 0) is 49.0 Å². The lowest BCUT2D eigenvalue weighted by atomic mass is 9.64. The summed E-state index contributed by atoms with van der Waals surface area (Å²) < 4.78 is 0. The van der Waals surface area contributed by atoms with E-state index in [0.717, 1.165) is 30.3 Å². The molecule has 0 aromatic rings. The first kappa shape index (κ1) is 14.0. The van der Waals surface area contributed by atoms with Crippen LogP contribution in [0.4, 0.5) is 0 Å². The zero-order valence-electron chi connectivity index (χ0n) is 12.1. The molecular weight excluding hydrogens is 194 g/mol. The third-order valence-electron chi connectivity index (χ3n) is 4.38. The highest BCUT2D eigenvalue weighted by molar-refractivity contribution is 4.90. The van der Waals surface area contributed by atoms with Crippen LogP contribution in [0.2, 0.25) is 0 Å². The molecule has 1 nitrogen and oxygen atoms in total. The maximum absolute atomic E-state index is 3.71. The van der Waals surface area contributed by atoms with E-state index in [-0.39, 0.29) is 0 Å². The SMILES string of the molecule is CCNC(C(C)C)C1CCC(C)(C)CC1C. The quantitative estimate of drug-likeness (QED) is 0.760. The Bertz CT molecular complexity index is 207. The van der Waals surface area contributed by atoms with Gasteiger partial charge in [0.15, 0.2) is 0 Å². The maximum Gasteiger partial charge on any atom is 0.0121 e. The maximum atomic E-state index is 3.71. The molecule has 1 aliphatic rings. The van der Waals surface area contributed by atoms with Crippen molar-refractivity contribution in [2.45, 2.75) is 66.8 Å². The molecule has 0 aromatic heterocycles. The zero-order chi connectivity index (χ0) is 12.3. The van der Waals surface area contributed by atoms with Gasteiger partial charge in [-0.15, -0.1) is 0 Å². The lowest BCUT2D eigenvalue weighted by Crippen LogP contribution is -2.45. The van der Waals surface area contributed by atoms with Gasteiger partial charge in [0.1, 0.15) is 0 Å². The Labute approximate surface area is 102 Å². The van der Waals surface area contributed by atoms with Crippen molar-refractivity contribution in [3.8, 4) is 0 Å². The van der Waals surface area contributed by atoms with E-state index < -0.39 is 0 Å². The second-order valence-electron chi connectivity index (χ2n) is 6.88. The molecule has 0 heterocycles. The molecule has 1 aliphatic carbocycles. The Balaban J connectivity index is 2.65. The molecule has 0 saturated heterocycles. The van der Waals surface area contributed by atoms with E-state index in [1.165, 1.54) is 19.3 Å². The van der Waals surface area contributed by atoms with Crippen LogP contribution in [0.1, 0.15) is 60.8 Å². The highest BCUT2D eigenvalue weighted by Crippen LogP contribution is 2.43. The topological polar surface area (TPSA) is 12.0 Å². The van der Waals surface area contributed by atoms with E-state index in [4.69, 9.17) is 0 Å². The average Bonchev–Trinajstić information content (AvgIpc) is 2.13. The normalized spacial score (nSPS) is 31.7. The summed E-state index contributed by atoms with van der Waals surface area (Å²) in [6.07, 6.45) is 4.20. The van der Waals surface area contributed by atoms with Crippen molar-refractivity contribution in [1.29, 1.82) is 0 Å². The standard InChI is InChI=1S/C15H31N/c1-7-16-14(11(2)3)13-8-9-15(5,6)10-12(13)4/h11-14,16H,7-10H2,1-6H3. The molecule has 3 atom stereocenters. The largest absolute Gasteiger partial charge is 0.314 e. The van der Waals surface area contributed by atoms with Gasteiger partial charge >= 0.3 is 0 Å². The first-order chi connectivity index (χ1) is 7.37. The monoisotopic (exact) mass is 225 g/mol. The molecule has 0 bridgehead atoms. The summed E-state index contributed by atoms with van der Waals surface area (Å²) in [6.45, 7) is 15.4. The summed E-state index contributed by atoms with van der Waals surface area (Å²) >= 11 is 0. The Morgan fingerprint density at radius 1 is 1.31 bits per heavy atom. The molecule has 1 saturated carbocycles. The molecule has 3 unspecified atom stereocenters. The van der Waals surface area contributed by atoms with E-state index in [1.807, 2.05) is 0 Å². The molecular formula is C15H31N. The van der Waals surface area contributed by atoms with E-state index >= 15 is 0 Å². The fourth-order valence-corrected chi connectivity index (χ4v) is 3.62. The van der Waals surface area contributed by atoms with Crippen molar-refractivity contribution < 1.29 is 0 Å². The average molecular weight is 225 g/mol. The van der Waals surface area contributed by atoms with Gasteiger partial charge in [0.25, 0.3) is 0 Å². The minimum atomic E-state index is 0.573. The number of hydrogen-bond acceptors (Lipinski definition) is 1. The van der Waals surface area contributed by atoms with Crippen LogP contribution < -0.4 is 5.32 Å². The van der Waals surface area contributed by atoms with Crippen LogP contribution in [-0.4, -0.2) is 12.6 Å². The molecule has 1 rings (SSSR count). The molecule has 1 fully saturated rings. The minimum Gasteiger partial charge on any atom is -0.314 e. The van der Waals surface area contributed by atoms with Crippen molar-refractivity contribution in [2.24, 2.45) is 23.2 Å². The third kappa shape index (κ3) is 3.48. The van der Waals surface area contributed by atoms with E-state index in [1.54, 1.807) is 0 Å². The number of nitrogens with one attached hydrogen (secondary N) is 1. The van der Waals surface area contributed by atoms with Crippen molar-refractivity contribution in [1.82, 2.24) is 5.32 Å². The van der Waals surface area contributed by atoms with E-state index in [0.29, 0.717) is 5.41 Å². The van der Waals surface area contributed by atoms with Crippen molar-refractivity contribution in [3.05, 3.63) is 0 Å². The van der Waals surface area contributed by atoms with Crippen LogP contribution in [0, 0.1) is 23.2 Å². The molecule has 0 radical (unpaired) electrons. The van der Waals surface area contributed by atoms with Crippen LogP contribution >= 0.6 is 0 Å². The number of rotatable bonds is 4. The molecule has 0 amide bonds. The van der Waals surface area contributed by atoms with Crippen LogP contribution in [0.3, 0.4) is 0 Å². The Hall–Kier alpha value is -0.0400. The van der Waals surface area contributed by atoms with Crippen molar-refractivity contribution in [3.63, 3.8) is 0 Å². The Morgan fingerprint density at radius 2 is 1.94 bits per heavy atom. The second-order valence-corrected chi connectivity index (χ2v) is 6.88. The summed E-state index contributed by atoms with van der Waals surface area (Å²) in [6, 6.07) is 0.719. The van der Waals surface area contributed by atoms with E-state index in [9.17, 15) is 0 Å². The smallest absolute Gasteiger partial charge is 0.0121 e. The predicted molar refractivity (Wildman–Crippen MR) is 72.6 cm³/mol. The molecule has 1 N–H and O–H groups in total. The Kier molecular flexibility index (Phi) is 4.85. The fraction of sp³-hybridized carbons (Fsp3) is 1.00. The highest BCUT2D eigenvalue weighted by atomic mass is 14.9. The third-order valence-corrected chi connectivity index (χ3v) is 4.38. The Morgan fingerprint density at radius 3 is 2.38 bits per heavy atom. The van der Waals surface area contributed by atoms with Gasteiger partial charge in [-0.1, -0.05) is 41.5 Å². The van der Waals surface area contributed by atoms with Crippen LogP contribution in [0.5, 0.6) is 0 Å². The van der Waals surface area contributed by atoms with Gasteiger partial charge in [0.05, 0.1) is 0 Å².